The van der Waals surface area contributed by atoms with Crippen LogP contribution in [0.25, 0.3) is 22.2 Å². The number of rotatable bonds is 7. The maximum atomic E-state index is 12.3. The molecule has 0 aliphatic rings. The number of nitrogens with one attached hydrogen (secondary N) is 2. The predicted molar refractivity (Wildman–Crippen MR) is 127 cm³/mol. The Morgan fingerprint density at radius 2 is 1.88 bits per heavy atom. The molecule has 4 aromatic rings. The van der Waals surface area contributed by atoms with E-state index in [0.29, 0.717) is 12.1 Å². The quantitative estimate of drug-likeness (QED) is 0.399. The molecule has 0 spiro atoms. The summed E-state index contributed by atoms with van der Waals surface area (Å²) in [4.78, 5) is 26.4. The average molecular weight is 430 g/mol. The number of hydrogen-bond acceptors (Lipinski definition) is 3. The fraction of sp³-hybridized carbons (Fsp3) is 0.231. The Morgan fingerprint density at radius 3 is 2.56 bits per heavy atom. The van der Waals surface area contributed by atoms with E-state index in [-0.39, 0.29) is 11.6 Å². The van der Waals surface area contributed by atoms with Crippen molar-refractivity contribution in [3.8, 4) is 11.3 Å². The Kier molecular flexibility index (Phi) is 5.97. The van der Waals surface area contributed by atoms with Crippen LogP contribution in [-0.4, -0.2) is 20.6 Å². The summed E-state index contributed by atoms with van der Waals surface area (Å²) in [5.41, 5.74) is 5.03. The number of hydrogen-bond donors (Lipinski definition) is 3. The van der Waals surface area contributed by atoms with E-state index in [1.54, 1.807) is 0 Å². The minimum Gasteiger partial charge on any atom is -0.477 e. The number of benzene rings is 2. The van der Waals surface area contributed by atoms with Crippen molar-refractivity contribution >= 4 is 16.9 Å². The average Bonchev–Trinajstić information content (AvgIpc) is 3.12. The van der Waals surface area contributed by atoms with E-state index in [0.717, 1.165) is 34.3 Å². The molecule has 2 aromatic heterocycles. The summed E-state index contributed by atoms with van der Waals surface area (Å²) in [5.74, 6) is -1.21. The smallest absolute Gasteiger partial charge is 0.341 e. The molecule has 0 unspecified atom stereocenters. The highest BCUT2D eigenvalue weighted by Crippen LogP contribution is 2.28. The summed E-state index contributed by atoms with van der Waals surface area (Å²) < 4.78 is 2.17. The second-order valence-corrected chi connectivity index (χ2v) is 8.05. The van der Waals surface area contributed by atoms with Gasteiger partial charge in [-0.1, -0.05) is 43.3 Å². The monoisotopic (exact) mass is 429 g/mol. The van der Waals surface area contributed by atoms with Crippen LogP contribution in [0.5, 0.6) is 0 Å². The Morgan fingerprint density at radius 1 is 1.12 bits per heavy atom. The van der Waals surface area contributed by atoms with Gasteiger partial charge in [-0.25, -0.2) is 4.79 Å². The largest absolute Gasteiger partial charge is 0.477 e. The van der Waals surface area contributed by atoms with Gasteiger partial charge in [-0.15, -0.1) is 0 Å². The van der Waals surface area contributed by atoms with Crippen LogP contribution < -0.4 is 10.9 Å². The van der Waals surface area contributed by atoms with Gasteiger partial charge in [-0.3, -0.25) is 4.79 Å². The molecular weight excluding hydrogens is 402 g/mol. The van der Waals surface area contributed by atoms with Crippen LogP contribution in [0.15, 0.2) is 65.5 Å². The topological polar surface area (TPSA) is 87.1 Å². The molecule has 6 nitrogen and oxygen atoms in total. The van der Waals surface area contributed by atoms with Crippen molar-refractivity contribution in [1.29, 1.82) is 0 Å². The second kappa shape index (κ2) is 8.85. The van der Waals surface area contributed by atoms with Crippen LogP contribution in [0.1, 0.15) is 47.1 Å². The number of carboxylic acids is 1. The first kappa shape index (κ1) is 21.6. The fourth-order valence-electron chi connectivity index (χ4n) is 4.12. The lowest BCUT2D eigenvalue weighted by Gasteiger charge is -2.14. The third-order valence-corrected chi connectivity index (χ3v) is 6.05. The van der Waals surface area contributed by atoms with Gasteiger partial charge >= 0.3 is 5.97 Å². The maximum Gasteiger partial charge on any atom is 0.341 e. The van der Waals surface area contributed by atoms with Gasteiger partial charge in [-0.2, -0.15) is 0 Å². The first-order valence-corrected chi connectivity index (χ1v) is 10.8. The predicted octanol–water partition coefficient (Wildman–Crippen LogP) is 4.65. The summed E-state index contributed by atoms with van der Waals surface area (Å²) in [7, 11) is 2.05. The van der Waals surface area contributed by atoms with Crippen LogP contribution >= 0.6 is 0 Å². The number of fused-ring (bicyclic) bond motifs is 1. The number of aromatic amines is 1. The van der Waals surface area contributed by atoms with Crippen molar-refractivity contribution in [2.24, 2.45) is 7.05 Å². The molecule has 0 amide bonds. The molecule has 0 bridgehead atoms. The summed E-state index contributed by atoms with van der Waals surface area (Å²) in [6, 6.07) is 20.3. The molecule has 2 aromatic carbocycles. The number of carboxylic acid groups (broad SMARTS) is 1. The van der Waals surface area contributed by atoms with Gasteiger partial charge in [-0.05, 0) is 54.3 Å². The van der Waals surface area contributed by atoms with Crippen molar-refractivity contribution in [3.63, 3.8) is 0 Å². The lowest BCUT2D eigenvalue weighted by Crippen LogP contribution is -2.19. The molecular formula is C26H27N3O3. The maximum absolute atomic E-state index is 12.3. The molecule has 3 N–H and O–H groups in total. The van der Waals surface area contributed by atoms with Gasteiger partial charge in [0.2, 0.25) is 0 Å². The molecule has 0 aliphatic carbocycles. The van der Waals surface area contributed by atoms with Gasteiger partial charge in [0.05, 0.1) is 5.69 Å². The van der Waals surface area contributed by atoms with Gasteiger partial charge < -0.3 is 20.0 Å². The third-order valence-electron chi connectivity index (χ3n) is 6.05. The fourth-order valence-corrected chi connectivity index (χ4v) is 4.12. The molecule has 32 heavy (non-hydrogen) atoms. The number of aryl methyl sites for hydroxylation is 2. The van der Waals surface area contributed by atoms with Crippen molar-refractivity contribution in [2.75, 3.05) is 0 Å². The molecule has 0 fully saturated rings. The van der Waals surface area contributed by atoms with Crippen LogP contribution in [0.3, 0.4) is 0 Å². The lowest BCUT2D eigenvalue weighted by atomic mass is 10.0. The second-order valence-electron chi connectivity index (χ2n) is 8.05. The van der Waals surface area contributed by atoms with Crippen LogP contribution in [-0.2, 0) is 20.0 Å². The normalized spacial score (nSPS) is 12.2. The summed E-state index contributed by atoms with van der Waals surface area (Å²) >= 11 is 0. The molecule has 164 valence electrons. The lowest BCUT2D eigenvalue weighted by molar-refractivity contribution is 0.0695. The zero-order chi connectivity index (χ0) is 22.8. The van der Waals surface area contributed by atoms with Gasteiger partial charge in [0, 0.05) is 36.2 Å². The van der Waals surface area contributed by atoms with Gasteiger partial charge in [0.25, 0.3) is 5.56 Å². The minimum absolute atomic E-state index is 0.229. The number of H-pyrrole nitrogens is 1. The molecule has 6 heteroatoms. The number of aromatic nitrogens is 2. The first-order chi connectivity index (χ1) is 15.4. The molecule has 0 saturated carbocycles. The van der Waals surface area contributed by atoms with E-state index < -0.39 is 11.5 Å². The number of aromatic carboxylic acids is 1. The highest BCUT2D eigenvalue weighted by atomic mass is 16.4. The van der Waals surface area contributed by atoms with Crippen molar-refractivity contribution in [3.05, 3.63) is 93.4 Å². The SMILES string of the molecule is CCc1cc(C(=O)O)c(=O)[nH]c1-c1ccc2c(c1)cc(CN[C@H](C)c1ccccc1)n2C. The molecule has 0 aliphatic heterocycles. The summed E-state index contributed by atoms with van der Waals surface area (Å²) in [6.07, 6.45) is 0.617. The molecule has 1 atom stereocenters. The highest BCUT2D eigenvalue weighted by Gasteiger charge is 2.15. The first-order valence-electron chi connectivity index (χ1n) is 10.8. The van der Waals surface area contributed by atoms with Crippen LogP contribution in [0.2, 0.25) is 0 Å². The third kappa shape index (κ3) is 4.09. The summed E-state index contributed by atoms with van der Waals surface area (Å²) in [5, 5.41) is 13.9. The Labute approximate surface area is 186 Å². The molecule has 0 radical (unpaired) electrons. The van der Waals surface area contributed by atoms with E-state index in [2.05, 4.69) is 40.0 Å². The molecule has 4 rings (SSSR count). The van der Waals surface area contributed by atoms with Crippen LogP contribution in [0, 0.1) is 0 Å². The number of carbonyl (C=O) groups is 1. The number of pyridine rings is 1. The number of nitrogens with zero attached hydrogens (tertiary/aromatic N) is 1. The molecule has 0 saturated heterocycles. The van der Waals surface area contributed by atoms with Gasteiger partial charge in [0.15, 0.2) is 0 Å². The molecule has 2 heterocycles. The van der Waals surface area contributed by atoms with E-state index in [4.69, 9.17) is 0 Å². The highest BCUT2D eigenvalue weighted by molar-refractivity contribution is 5.89. The Hall–Kier alpha value is -3.64. The van der Waals surface area contributed by atoms with Crippen molar-refractivity contribution < 1.29 is 9.90 Å². The van der Waals surface area contributed by atoms with E-state index in [1.807, 2.05) is 50.4 Å². The minimum atomic E-state index is -1.21. The zero-order valence-electron chi connectivity index (χ0n) is 18.5. The summed E-state index contributed by atoms with van der Waals surface area (Å²) in [6.45, 7) is 4.82. The van der Waals surface area contributed by atoms with Gasteiger partial charge in [0.1, 0.15) is 5.56 Å². The van der Waals surface area contributed by atoms with Crippen LogP contribution in [0.4, 0.5) is 0 Å². The van der Waals surface area contributed by atoms with E-state index in [1.165, 1.54) is 11.6 Å². The zero-order valence-corrected chi connectivity index (χ0v) is 18.5. The standard InChI is InChI=1S/C26H27N3O3/c1-4-17-14-22(26(31)32)25(30)28-24(17)19-10-11-23-20(12-19)13-21(29(23)3)15-27-16(2)18-8-6-5-7-9-18/h5-14,16,27H,4,15H2,1-3H3,(H,28,30)(H,31,32)/t16-/m1/s1. The Bertz CT molecular complexity index is 1340. The van der Waals surface area contributed by atoms with E-state index in [9.17, 15) is 14.7 Å². The van der Waals surface area contributed by atoms with Crippen molar-refractivity contribution in [2.45, 2.75) is 32.9 Å². The van der Waals surface area contributed by atoms with Crippen molar-refractivity contribution in [1.82, 2.24) is 14.9 Å². The van der Waals surface area contributed by atoms with E-state index >= 15 is 0 Å². The Balaban J connectivity index is 1.65.